The van der Waals surface area contributed by atoms with E-state index < -0.39 is 0 Å². The Hall–Kier alpha value is -2.78. The second kappa shape index (κ2) is 19.4. The number of hydrogen-bond donors (Lipinski definition) is 0. The van der Waals surface area contributed by atoms with Crippen LogP contribution in [0.3, 0.4) is 0 Å². The number of fused-ring (bicyclic) bond motifs is 1. The molecule has 0 saturated carbocycles. The zero-order valence-corrected chi connectivity index (χ0v) is 27.4. The summed E-state index contributed by atoms with van der Waals surface area (Å²) in [5.41, 5.74) is 9.99. The molecule has 0 spiro atoms. The maximum Gasteiger partial charge on any atom is 0.231 e. The number of benzene rings is 1. The highest BCUT2D eigenvalue weighted by Gasteiger charge is 2.14. The largest absolute Gasteiger partial charge is 0.454 e. The highest BCUT2D eigenvalue weighted by Crippen LogP contribution is 2.32. The lowest BCUT2D eigenvalue weighted by molar-refractivity contribution is 0.174. The summed E-state index contributed by atoms with van der Waals surface area (Å²) < 4.78 is 11.2. The van der Waals surface area contributed by atoms with Crippen molar-refractivity contribution < 1.29 is 9.47 Å². The van der Waals surface area contributed by atoms with Crippen molar-refractivity contribution >= 4 is 0 Å². The van der Waals surface area contributed by atoms with Crippen LogP contribution in [0, 0.1) is 0 Å². The van der Waals surface area contributed by atoms with Gasteiger partial charge in [0, 0.05) is 19.6 Å². The average Bonchev–Trinajstić information content (AvgIpc) is 3.38. The maximum atomic E-state index is 5.63. The van der Waals surface area contributed by atoms with E-state index in [0.29, 0.717) is 6.79 Å². The van der Waals surface area contributed by atoms with Crippen molar-refractivity contribution in [2.75, 3.05) is 19.9 Å². The fraction of sp³-hybridized carbons (Fsp3) is 0.526. The number of hydrogen-bond acceptors (Lipinski definition) is 3. The lowest BCUT2D eigenvalue weighted by Crippen LogP contribution is -2.24. The summed E-state index contributed by atoms with van der Waals surface area (Å²) in [7, 11) is 0. The van der Waals surface area contributed by atoms with Crippen LogP contribution in [0.15, 0.2) is 88.1 Å². The third-order valence-electron chi connectivity index (χ3n) is 7.48. The van der Waals surface area contributed by atoms with Crippen LogP contribution in [0.25, 0.3) is 0 Å². The predicted molar refractivity (Wildman–Crippen MR) is 179 cm³/mol. The third-order valence-corrected chi connectivity index (χ3v) is 7.48. The molecule has 0 atom stereocenters. The van der Waals surface area contributed by atoms with E-state index in [-0.39, 0.29) is 0 Å². The van der Waals surface area contributed by atoms with E-state index in [1.165, 1.54) is 39.0 Å². The van der Waals surface area contributed by atoms with Crippen LogP contribution in [0.5, 0.6) is 11.5 Å². The zero-order chi connectivity index (χ0) is 30.0. The number of ether oxygens (including phenoxy) is 2. The number of nitrogens with zero attached hydrogens (tertiary/aromatic N) is 1. The molecule has 2 rings (SSSR count). The van der Waals surface area contributed by atoms with Crippen molar-refractivity contribution in [3.8, 4) is 11.5 Å². The van der Waals surface area contributed by atoms with Crippen LogP contribution >= 0.6 is 0 Å². The molecular weight excluding hydrogens is 502 g/mol. The van der Waals surface area contributed by atoms with E-state index in [2.05, 4.69) is 109 Å². The first-order valence-corrected chi connectivity index (χ1v) is 15.6. The van der Waals surface area contributed by atoms with Gasteiger partial charge in [0.1, 0.15) is 0 Å². The summed E-state index contributed by atoms with van der Waals surface area (Å²) >= 11 is 0. The molecule has 0 fully saturated rings. The minimum Gasteiger partial charge on any atom is -0.454 e. The molecule has 1 aromatic rings. The fourth-order valence-electron chi connectivity index (χ4n) is 4.75. The molecule has 0 N–H and O–H groups in total. The standard InChI is InChI=1S/C38H57NO2/c1-30(2)13-9-15-32(5)17-11-19-34(7)23-25-39(28-36-21-22-37-38(27-36)41-29-40-37)26-24-35(8)20-12-18-33(6)16-10-14-31(3)4/h13-14,17-18,21-24,27H,9-12,15-16,19-20,25-26,28-29H2,1-8H3/b32-17+,33-18+,34-23+,35-24+. The van der Waals surface area contributed by atoms with Crippen molar-refractivity contribution in [2.24, 2.45) is 0 Å². The molecule has 1 aliphatic heterocycles. The maximum absolute atomic E-state index is 5.63. The van der Waals surface area contributed by atoms with Crippen molar-refractivity contribution in [1.82, 2.24) is 4.90 Å². The van der Waals surface area contributed by atoms with Crippen LogP contribution in [0.2, 0.25) is 0 Å². The average molecular weight is 560 g/mol. The molecule has 1 aromatic carbocycles. The lowest BCUT2D eigenvalue weighted by Gasteiger charge is -2.20. The zero-order valence-electron chi connectivity index (χ0n) is 27.4. The van der Waals surface area contributed by atoms with Gasteiger partial charge in [-0.2, -0.15) is 0 Å². The Bertz CT molecular complexity index is 1060. The predicted octanol–water partition coefficient (Wildman–Crippen LogP) is 11.1. The summed E-state index contributed by atoms with van der Waals surface area (Å²) in [4.78, 5) is 2.52. The molecule has 3 heteroatoms. The minimum atomic E-state index is 0.318. The van der Waals surface area contributed by atoms with E-state index in [9.17, 15) is 0 Å². The summed E-state index contributed by atoms with van der Waals surface area (Å²) in [5, 5.41) is 0. The quantitative estimate of drug-likeness (QED) is 0.167. The van der Waals surface area contributed by atoms with Crippen LogP contribution in [-0.2, 0) is 6.54 Å². The van der Waals surface area contributed by atoms with Gasteiger partial charge in [-0.1, -0.05) is 76.0 Å². The molecule has 41 heavy (non-hydrogen) atoms. The van der Waals surface area contributed by atoms with Gasteiger partial charge in [-0.15, -0.1) is 0 Å². The Labute approximate surface area is 252 Å². The van der Waals surface area contributed by atoms with Gasteiger partial charge >= 0.3 is 0 Å². The van der Waals surface area contributed by atoms with Gasteiger partial charge in [-0.25, -0.2) is 0 Å². The first-order chi connectivity index (χ1) is 19.6. The van der Waals surface area contributed by atoms with Gasteiger partial charge < -0.3 is 9.47 Å². The van der Waals surface area contributed by atoms with Gasteiger partial charge in [0.25, 0.3) is 0 Å². The molecule has 0 unspecified atom stereocenters. The SMILES string of the molecule is CC(C)=CCC/C(C)=C/CC/C(C)=C/CN(C/C=C(\C)CC/C=C(\C)CCC=C(C)C)Cc1ccc2c(c1)OCO2. The van der Waals surface area contributed by atoms with Crippen molar-refractivity contribution in [3.05, 3.63) is 93.7 Å². The molecular formula is C38H57NO2. The van der Waals surface area contributed by atoms with Crippen LogP contribution in [-0.4, -0.2) is 24.8 Å². The molecule has 0 radical (unpaired) electrons. The van der Waals surface area contributed by atoms with Crippen LogP contribution in [0.1, 0.15) is 112 Å². The topological polar surface area (TPSA) is 21.7 Å². The Morgan fingerprint density at radius 1 is 0.585 bits per heavy atom. The normalized spacial score (nSPS) is 14.1. The first kappa shape index (κ1) is 34.4. The monoisotopic (exact) mass is 559 g/mol. The molecule has 3 nitrogen and oxygen atoms in total. The van der Waals surface area contributed by atoms with E-state index in [0.717, 1.165) is 82.5 Å². The molecule has 1 aliphatic rings. The Morgan fingerprint density at radius 3 is 1.51 bits per heavy atom. The second-order valence-corrected chi connectivity index (χ2v) is 12.3. The van der Waals surface area contributed by atoms with E-state index in [1.807, 2.05) is 6.07 Å². The van der Waals surface area contributed by atoms with Crippen molar-refractivity contribution in [2.45, 2.75) is 113 Å². The minimum absolute atomic E-state index is 0.318. The van der Waals surface area contributed by atoms with E-state index in [4.69, 9.17) is 9.47 Å². The summed E-state index contributed by atoms with van der Waals surface area (Å²) in [5.74, 6) is 1.71. The van der Waals surface area contributed by atoms with Crippen molar-refractivity contribution in [3.63, 3.8) is 0 Å². The molecule has 1 heterocycles. The fourth-order valence-corrected chi connectivity index (χ4v) is 4.75. The summed E-state index contributed by atoms with van der Waals surface area (Å²) in [6.45, 7) is 20.9. The molecule has 0 aromatic heterocycles. The van der Waals surface area contributed by atoms with Gasteiger partial charge in [0.05, 0.1) is 0 Å². The highest BCUT2D eigenvalue weighted by molar-refractivity contribution is 5.44. The van der Waals surface area contributed by atoms with Gasteiger partial charge in [-0.3, -0.25) is 4.90 Å². The molecule has 0 saturated heterocycles. The smallest absolute Gasteiger partial charge is 0.231 e. The van der Waals surface area contributed by atoms with E-state index >= 15 is 0 Å². The van der Waals surface area contributed by atoms with Gasteiger partial charge in [-0.05, 0) is 124 Å². The number of allylic oxidation sites excluding steroid dienone is 10. The Balaban J connectivity index is 1.95. The summed E-state index contributed by atoms with van der Waals surface area (Å²) in [6, 6.07) is 6.34. The van der Waals surface area contributed by atoms with Crippen molar-refractivity contribution in [1.29, 1.82) is 0 Å². The van der Waals surface area contributed by atoms with Crippen LogP contribution < -0.4 is 9.47 Å². The molecule has 0 amide bonds. The Kier molecular flexibility index (Phi) is 16.3. The molecule has 0 aliphatic carbocycles. The van der Waals surface area contributed by atoms with E-state index in [1.54, 1.807) is 0 Å². The second-order valence-electron chi connectivity index (χ2n) is 12.3. The summed E-state index contributed by atoms with van der Waals surface area (Å²) in [6.07, 6.45) is 23.4. The highest BCUT2D eigenvalue weighted by atomic mass is 16.7. The molecule has 0 bridgehead atoms. The first-order valence-electron chi connectivity index (χ1n) is 15.6. The Morgan fingerprint density at radius 2 is 1.02 bits per heavy atom. The van der Waals surface area contributed by atoms with Gasteiger partial charge in [0.15, 0.2) is 11.5 Å². The third kappa shape index (κ3) is 15.7. The van der Waals surface area contributed by atoms with Crippen LogP contribution in [0.4, 0.5) is 0 Å². The number of rotatable bonds is 18. The van der Waals surface area contributed by atoms with Gasteiger partial charge in [0.2, 0.25) is 6.79 Å². The molecule has 226 valence electrons. The lowest BCUT2D eigenvalue weighted by atomic mass is 10.1.